The second kappa shape index (κ2) is 11.7. The maximum Gasteiger partial charge on any atom is 0.323 e. The van der Waals surface area contributed by atoms with Gasteiger partial charge in [0.05, 0.1) is 0 Å². The molecule has 0 radical (unpaired) electrons. The SMILES string of the molecule is CC(C)CCC[C@@H](C)[C@H]1CC[C@H]2[C@@H]3CC=C4CC(OC(=O)[C@@H](N)Cc5ccccc5)CC[C@]4(C)[C@H]3CC[C@]12C. The van der Waals surface area contributed by atoms with Crippen LogP contribution < -0.4 is 5.73 Å². The Kier molecular flexibility index (Phi) is 8.68. The molecule has 4 aliphatic carbocycles. The summed E-state index contributed by atoms with van der Waals surface area (Å²) in [5, 5.41) is 0. The fraction of sp³-hybridized carbons (Fsp3) is 0.750. The van der Waals surface area contributed by atoms with Gasteiger partial charge in [-0.1, -0.05) is 95.9 Å². The van der Waals surface area contributed by atoms with Crippen LogP contribution in [-0.4, -0.2) is 18.1 Å². The van der Waals surface area contributed by atoms with E-state index in [0.29, 0.717) is 11.8 Å². The van der Waals surface area contributed by atoms with Gasteiger partial charge in [0.25, 0.3) is 0 Å². The predicted octanol–water partition coefficient (Wildman–Crippen LogP) is 8.51. The number of allylic oxidation sites excluding steroid dienone is 1. The summed E-state index contributed by atoms with van der Waals surface area (Å²) in [5.74, 6) is 4.87. The largest absolute Gasteiger partial charge is 0.461 e. The Hall–Kier alpha value is -1.61. The Morgan fingerprint density at radius 2 is 1.77 bits per heavy atom. The van der Waals surface area contributed by atoms with Crippen LogP contribution >= 0.6 is 0 Å². The number of nitrogens with two attached hydrogens (primary N) is 1. The van der Waals surface area contributed by atoms with Crippen molar-refractivity contribution >= 4 is 5.97 Å². The third kappa shape index (κ3) is 5.77. The molecule has 2 N–H and O–H groups in total. The third-order valence-electron chi connectivity index (χ3n) is 12.1. The minimum atomic E-state index is -0.593. The number of carbonyl (C=O) groups is 1. The molecular formula is C36H55NO2. The lowest BCUT2D eigenvalue weighted by Gasteiger charge is -2.58. The maximum atomic E-state index is 12.9. The molecule has 39 heavy (non-hydrogen) atoms. The molecule has 3 heteroatoms. The molecule has 0 heterocycles. The number of benzene rings is 1. The van der Waals surface area contributed by atoms with E-state index in [1.807, 2.05) is 30.3 Å². The first-order chi connectivity index (χ1) is 18.6. The summed E-state index contributed by atoms with van der Waals surface area (Å²) >= 11 is 0. The van der Waals surface area contributed by atoms with Gasteiger partial charge in [-0.2, -0.15) is 0 Å². The van der Waals surface area contributed by atoms with E-state index in [1.54, 1.807) is 5.57 Å². The van der Waals surface area contributed by atoms with Gasteiger partial charge in [0, 0.05) is 6.42 Å². The highest BCUT2D eigenvalue weighted by atomic mass is 16.5. The fourth-order valence-electron chi connectivity index (χ4n) is 9.96. The van der Waals surface area contributed by atoms with Crippen LogP contribution in [0.5, 0.6) is 0 Å². The van der Waals surface area contributed by atoms with Crippen LogP contribution in [0.1, 0.15) is 111 Å². The van der Waals surface area contributed by atoms with E-state index in [0.717, 1.165) is 60.3 Å². The molecular weight excluding hydrogens is 478 g/mol. The van der Waals surface area contributed by atoms with Crippen LogP contribution in [0, 0.1) is 46.3 Å². The minimum absolute atomic E-state index is 0.0217. The zero-order valence-corrected chi connectivity index (χ0v) is 25.5. The monoisotopic (exact) mass is 533 g/mol. The highest BCUT2D eigenvalue weighted by Crippen LogP contribution is 2.67. The Bertz CT molecular complexity index is 1020. The van der Waals surface area contributed by atoms with Gasteiger partial charge in [0.1, 0.15) is 12.1 Å². The lowest BCUT2D eigenvalue weighted by atomic mass is 9.47. The molecule has 9 atom stereocenters. The smallest absolute Gasteiger partial charge is 0.323 e. The second-order valence-electron chi connectivity index (χ2n) is 14.9. The molecule has 3 fully saturated rings. The lowest BCUT2D eigenvalue weighted by Crippen LogP contribution is -2.51. The van der Waals surface area contributed by atoms with E-state index in [9.17, 15) is 4.79 Å². The second-order valence-corrected chi connectivity index (χ2v) is 14.9. The molecule has 0 bridgehead atoms. The summed E-state index contributed by atoms with van der Waals surface area (Å²) in [6, 6.07) is 9.43. The predicted molar refractivity (Wildman–Crippen MR) is 161 cm³/mol. The molecule has 0 aromatic heterocycles. The van der Waals surface area contributed by atoms with Crippen molar-refractivity contribution in [3.8, 4) is 0 Å². The summed E-state index contributed by atoms with van der Waals surface area (Å²) in [4.78, 5) is 12.9. The lowest BCUT2D eigenvalue weighted by molar-refractivity contribution is -0.153. The molecule has 0 aliphatic heterocycles. The Balaban J connectivity index is 1.21. The summed E-state index contributed by atoms with van der Waals surface area (Å²) < 4.78 is 6.02. The average Bonchev–Trinajstić information content (AvgIpc) is 3.26. The molecule has 3 nitrogen and oxygen atoms in total. The highest BCUT2D eigenvalue weighted by Gasteiger charge is 2.59. The Morgan fingerprint density at radius 1 is 1.00 bits per heavy atom. The van der Waals surface area contributed by atoms with E-state index in [1.165, 1.54) is 51.4 Å². The van der Waals surface area contributed by atoms with E-state index < -0.39 is 6.04 Å². The zero-order valence-electron chi connectivity index (χ0n) is 25.5. The van der Waals surface area contributed by atoms with Gasteiger partial charge in [-0.05, 0) is 103 Å². The number of ether oxygens (including phenoxy) is 1. The van der Waals surface area contributed by atoms with Crippen molar-refractivity contribution in [2.24, 2.45) is 52.1 Å². The van der Waals surface area contributed by atoms with Crippen molar-refractivity contribution in [3.63, 3.8) is 0 Å². The first-order valence-electron chi connectivity index (χ1n) is 16.3. The highest BCUT2D eigenvalue weighted by molar-refractivity contribution is 5.76. The van der Waals surface area contributed by atoms with Crippen LogP contribution in [0.25, 0.3) is 0 Å². The van der Waals surface area contributed by atoms with Gasteiger partial charge in [-0.15, -0.1) is 0 Å². The van der Waals surface area contributed by atoms with Crippen molar-refractivity contribution < 1.29 is 9.53 Å². The van der Waals surface area contributed by atoms with Crippen LogP contribution in [0.15, 0.2) is 42.0 Å². The average molecular weight is 534 g/mol. The first-order valence-corrected chi connectivity index (χ1v) is 16.3. The molecule has 1 unspecified atom stereocenters. The van der Waals surface area contributed by atoms with Gasteiger partial charge in [0.15, 0.2) is 0 Å². The van der Waals surface area contributed by atoms with Gasteiger partial charge in [-0.25, -0.2) is 0 Å². The number of hydrogen-bond acceptors (Lipinski definition) is 3. The van der Waals surface area contributed by atoms with Gasteiger partial charge in [0.2, 0.25) is 0 Å². The molecule has 1 aromatic rings. The van der Waals surface area contributed by atoms with Crippen LogP contribution in [0.3, 0.4) is 0 Å². The summed E-state index contributed by atoms with van der Waals surface area (Å²) in [7, 11) is 0. The number of esters is 1. The topological polar surface area (TPSA) is 52.3 Å². The summed E-state index contributed by atoms with van der Waals surface area (Å²) in [6.45, 7) is 12.5. The van der Waals surface area contributed by atoms with Crippen LogP contribution in [0.4, 0.5) is 0 Å². The molecule has 3 saturated carbocycles. The van der Waals surface area contributed by atoms with Gasteiger partial charge in [-0.3, -0.25) is 4.79 Å². The molecule has 0 amide bonds. The van der Waals surface area contributed by atoms with E-state index >= 15 is 0 Å². The molecule has 216 valence electrons. The fourth-order valence-corrected chi connectivity index (χ4v) is 9.96. The van der Waals surface area contributed by atoms with Crippen LogP contribution in [-0.2, 0) is 16.0 Å². The van der Waals surface area contributed by atoms with Gasteiger partial charge < -0.3 is 10.5 Å². The number of fused-ring (bicyclic) bond motifs is 5. The summed E-state index contributed by atoms with van der Waals surface area (Å²) in [5.41, 5.74) is 9.72. The third-order valence-corrected chi connectivity index (χ3v) is 12.1. The Morgan fingerprint density at radius 3 is 2.51 bits per heavy atom. The van der Waals surface area contributed by atoms with Gasteiger partial charge >= 0.3 is 5.97 Å². The van der Waals surface area contributed by atoms with E-state index in [4.69, 9.17) is 10.5 Å². The number of rotatable bonds is 9. The quantitative estimate of drug-likeness (QED) is 0.256. The molecule has 0 saturated heterocycles. The minimum Gasteiger partial charge on any atom is -0.461 e. The van der Waals surface area contributed by atoms with Crippen LogP contribution in [0.2, 0.25) is 0 Å². The summed E-state index contributed by atoms with van der Waals surface area (Å²) in [6.07, 6.45) is 17.2. The zero-order chi connectivity index (χ0) is 27.8. The normalized spacial score (nSPS) is 37.3. The Labute approximate surface area is 238 Å². The number of carbonyl (C=O) groups excluding carboxylic acids is 1. The molecule has 1 aromatic carbocycles. The molecule has 0 spiro atoms. The van der Waals surface area contributed by atoms with Crippen molar-refractivity contribution in [2.75, 3.05) is 0 Å². The maximum absolute atomic E-state index is 12.9. The standard InChI is InChI=1S/C36H55NO2/c1-24(2)10-9-11-25(3)30-16-17-31-29-15-14-27-23-28(18-20-35(27,4)32(29)19-21-36(30,31)5)39-34(38)33(37)22-26-12-7-6-8-13-26/h6-8,12-14,24-25,28-33H,9-11,15-23,37H2,1-5H3/t25-,28?,29+,30-,31+,32+,33+,35+,36-/m1/s1. The van der Waals surface area contributed by atoms with E-state index in [-0.39, 0.29) is 17.5 Å². The molecule has 4 aliphatic rings. The number of hydrogen-bond donors (Lipinski definition) is 1. The van der Waals surface area contributed by atoms with Crippen molar-refractivity contribution in [3.05, 3.63) is 47.5 Å². The van der Waals surface area contributed by atoms with Crippen molar-refractivity contribution in [2.45, 2.75) is 124 Å². The van der Waals surface area contributed by atoms with Crippen molar-refractivity contribution in [1.29, 1.82) is 0 Å². The molecule has 5 rings (SSSR count). The van der Waals surface area contributed by atoms with E-state index in [2.05, 4.69) is 40.7 Å². The van der Waals surface area contributed by atoms with Crippen molar-refractivity contribution in [1.82, 2.24) is 0 Å². The first kappa shape index (κ1) is 28.9.